The molecule has 10 heteroatoms. The lowest BCUT2D eigenvalue weighted by atomic mass is 9.86. The molecular weight excluding hydrogens is 536 g/mol. The summed E-state index contributed by atoms with van der Waals surface area (Å²) in [5, 5.41) is 6.23. The van der Waals surface area contributed by atoms with Crippen LogP contribution in [0.4, 0.5) is 0 Å². The third-order valence-electron chi connectivity index (χ3n) is 8.10. The molecule has 1 aliphatic carbocycles. The van der Waals surface area contributed by atoms with Crippen LogP contribution in [0, 0.1) is 0 Å². The van der Waals surface area contributed by atoms with Crippen molar-refractivity contribution in [2.75, 3.05) is 32.7 Å². The van der Waals surface area contributed by atoms with E-state index in [9.17, 15) is 18.0 Å². The van der Waals surface area contributed by atoms with Crippen LogP contribution in [0.1, 0.15) is 61.3 Å². The second-order valence-corrected chi connectivity index (χ2v) is 13.1. The molecule has 2 atom stereocenters. The van der Waals surface area contributed by atoms with Crippen LogP contribution in [-0.2, 0) is 32.5 Å². The number of carbonyl (C=O) groups is 2. The lowest BCUT2D eigenvalue weighted by Gasteiger charge is -2.34. The summed E-state index contributed by atoms with van der Waals surface area (Å²) >= 11 is 5.93. The highest BCUT2D eigenvalue weighted by Gasteiger charge is 2.40. The van der Waals surface area contributed by atoms with Crippen molar-refractivity contribution in [1.82, 2.24) is 19.8 Å². The molecule has 0 unspecified atom stereocenters. The quantitative estimate of drug-likeness (QED) is 0.505. The summed E-state index contributed by atoms with van der Waals surface area (Å²) in [5.41, 5.74) is 3.72. The van der Waals surface area contributed by atoms with E-state index in [0.717, 1.165) is 42.1 Å². The number of amides is 2. The van der Waals surface area contributed by atoms with Crippen LogP contribution >= 0.6 is 11.6 Å². The molecule has 2 heterocycles. The fourth-order valence-corrected chi connectivity index (χ4v) is 7.70. The Morgan fingerprint density at radius 1 is 1.03 bits per heavy atom. The number of likely N-dealkylation sites (tertiary alicyclic amines) is 1. The maximum absolute atomic E-state index is 13.3. The standard InChI is InChI=1S/C29H37ClN4O4S/c30-23-8-10-24(11-9-23)39(37,38)34-18-14-31-29(36)27(34)20-28(35)32-26-6-4-5-22-19-21(7-12-25(22)26)13-17-33-15-2-1-3-16-33/h7-12,19,26-27H,1-6,13-18,20H2,(H,31,36)(H,32,35)/t26-,27-/m1/s1. The number of hydrogen-bond donors (Lipinski definition) is 2. The normalized spacial score (nSPS) is 22.6. The largest absolute Gasteiger partial charge is 0.353 e. The molecule has 5 rings (SSSR count). The zero-order valence-corrected chi connectivity index (χ0v) is 23.8. The minimum atomic E-state index is -3.98. The van der Waals surface area contributed by atoms with Gasteiger partial charge in [-0.15, -0.1) is 0 Å². The van der Waals surface area contributed by atoms with Crippen molar-refractivity contribution in [3.05, 3.63) is 64.2 Å². The van der Waals surface area contributed by atoms with Crippen molar-refractivity contribution in [1.29, 1.82) is 0 Å². The molecule has 0 bridgehead atoms. The fraction of sp³-hybridized carbons (Fsp3) is 0.517. The second kappa shape index (κ2) is 12.4. The molecule has 0 saturated carbocycles. The first-order valence-corrected chi connectivity index (χ1v) is 15.8. The Morgan fingerprint density at radius 2 is 1.79 bits per heavy atom. The topological polar surface area (TPSA) is 98.8 Å². The molecule has 0 spiro atoms. The maximum Gasteiger partial charge on any atom is 0.243 e. The zero-order chi connectivity index (χ0) is 27.4. The van der Waals surface area contributed by atoms with Crippen molar-refractivity contribution in [3.8, 4) is 0 Å². The minimum Gasteiger partial charge on any atom is -0.353 e. The van der Waals surface area contributed by atoms with E-state index in [4.69, 9.17) is 11.6 Å². The van der Waals surface area contributed by atoms with Gasteiger partial charge in [-0.2, -0.15) is 4.31 Å². The Labute approximate surface area is 236 Å². The summed E-state index contributed by atoms with van der Waals surface area (Å²) in [5.74, 6) is -0.795. The van der Waals surface area contributed by atoms with E-state index in [0.29, 0.717) is 5.02 Å². The van der Waals surface area contributed by atoms with Gasteiger partial charge < -0.3 is 15.5 Å². The van der Waals surface area contributed by atoms with Crippen LogP contribution in [-0.4, -0.2) is 68.2 Å². The third kappa shape index (κ3) is 6.65. The first kappa shape index (κ1) is 28.1. The van der Waals surface area contributed by atoms with Gasteiger partial charge in [0, 0.05) is 24.7 Å². The summed E-state index contributed by atoms with van der Waals surface area (Å²) in [6.07, 6.45) is 7.47. The summed E-state index contributed by atoms with van der Waals surface area (Å²) < 4.78 is 27.8. The Kier molecular flexibility index (Phi) is 8.91. The van der Waals surface area contributed by atoms with E-state index in [1.54, 1.807) is 0 Å². The number of rotatable bonds is 8. The SMILES string of the molecule is O=C(C[C@@H]1C(=O)NCCN1S(=O)(=O)c1ccc(Cl)cc1)N[C@@H]1CCCc2cc(CCN3CCCCC3)ccc21. The molecule has 2 amide bonds. The molecular formula is C29H37ClN4O4S. The van der Waals surface area contributed by atoms with Crippen LogP contribution in [0.15, 0.2) is 47.4 Å². The predicted octanol–water partition coefficient (Wildman–Crippen LogP) is 3.44. The van der Waals surface area contributed by atoms with Crippen molar-refractivity contribution < 1.29 is 18.0 Å². The van der Waals surface area contributed by atoms with E-state index < -0.39 is 22.0 Å². The number of fused-ring (bicyclic) bond motifs is 1. The molecule has 39 heavy (non-hydrogen) atoms. The predicted molar refractivity (Wildman–Crippen MR) is 151 cm³/mol. The van der Waals surface area contributed by atoms with Crippen LogP contribution in [0.2, 0.25) is 5.02 Å². The fourth-order valence-electron chi connectivity index (χ4n) is 5.99. The first-order chi connectivity index (χ1) is 18.8. The van der Waals surface area contributed by atoms with Gasteiger partial charge >= 0.3 is 0 Å². The van der Waals surface area contributed by atoms with Gasteiger partial charge in [-0.1, -0.05) is 36.2 Å². The Balaban J connectivity index is 1.24. The summed E-state index contributed by atoms with van der Waals surface area (Å²) in [6.45, 7) is 3.76. The van der Waals surface area contributed by atoms with E-state index in [1.165, 1.54) is 67.7 Å². The Bertz CT molecular complexity index is 1290. The van der Waals surface area contributed by atoms with E-state index in [-0.39, 0.29) is 36.4 Å². The Morgan fingerprint density at radius 3 is 2.56 bits per heavy atom. The van der Waals surface area contributed by atoms with Crippen LogP contribution in [0.5, 0.6) is 0 Å². The molecule has 2 aromatic carbocycles. The number of piperidine rings is 1. The maximum atomic E-state index is 13.3. The molecule has 2 saturated heterocycles. The molecule has 2 aliphatic heterocycles. The molecule has 210 valence electrons. The molecule has 3 aliphatic rings. The van der Waals surface area contributed by atoms with Crippen molar-refractivity contribution in [2.24, 2.45) is 0 Å². The zero-order valence-electron chi connectivity index (χ0n) is 22.2. The molecule has 2 aromatic rings. The van der Waals surface area contributed by atoms with Crippen LogP contribution < -0.4 is 10.6 Å². The molecule has 2 fully saturated rings. The number of carbonyl (C=O) groups excluding carboxylic acids is 2. The lowest BCUT2D eigenvalue weighted by molar-refractivity contribution is -0.132. The van der Waals surface area contributed by atoms with Gasteiger partial charge in [-0.25, -0.2) is 8.42 Å². The number of nitrogens with one attached hydrogen (secondary N) is 2. The second-order valence-electron chi connectivity index (χ2n) is 10.8. The molecule has 8 nitrogen and oxygen atoms in total. The van der Waals surface area contributed by atoms with Gasteiger partial charge in [0.25, 0.3) is 0 Å². The van der Waals surface area contributed by atoms with Gasteiger partial charge in [0.05, 0.1) is 17.4 Å². The van der Waals surface area contributed by atoms with Crippen molar-refractivity contribution in [3.63, 3.8) is 0 Å². The highest BCUT2D eigenvalue weighted by molar-refractivity contribution is 7.89. The monoisotopic (exact) mass is 572 g/mol. The van der Waals surface area contributed by atoms with Crippen LogP contribution in [0.3, 0.4) is 0 Å². The van der Waals surface area contributed by atoms with E-state index >= 15 is 0 Å². The Hall–Kier alpha value is -2.46. The highest BCUT2D eigenvalue weighted by atomic mass is 35.5. The van der Waals surface area contributed by atoms with Gasteiger partial charge in [0.2, 0.25) is 21.8 Å². The summed E-state index contributed by atoms with van der Waals surface area (Å²) in [4.78, 5) is 28.5. The van der Waals surface area contributed by atoms with E-state index in [1.807, 2.05) is 0 Å². The minimum absolute atomic E-state index is 0.0457. The summed E-state index contributed by atoms with van der Waals surface area (Å²) in [6, 6.07) is 11.2. The highest BCUT2D eigenvalue weighted by Crippen LogP contribution is 2.31. The van der Waals surface area contributed by atoms with Crippen molar-refractivity contribution >= 4 is 33.4 Å². The van der Waals surface area contributed by atoms with Crippen molar-refractivity contribution in [2.45, 2.75) is 68.3 Å². The number of nitrogens with zero attached hydrogens (tertiary/aromatic N) is 2. The molecule has 2 N–H and O–H groups in total. The number of piperazine rings is 1. The van der Waals surface area contributed by atoms with Gasteiger partial charge in [-0.05, 0) is 92.6 Å². The first-order valence-electron chi connectivity index (χ1n) is 14.0. The van der Waals surface area contributed by atoms with Gasteiger partial charge in [-0.3, -0.25) is 9.59 Å². The van der Waals surface area contributed by atoms with E-state index in [2.05, 4.69) is 33.7 Å². The number of hydrogen-bond acceptors (Lipinski definition) is 5. The average molecular weight is 573 g/mol. The smallest absolute Gasteiger partial charge is 0.243 e. The number of sulfonamides is 1. The summed E-state index contributed by atoms with van der Waals surface area (Å²) in [7, 11) is -3.98. The number of halogens is 1. The van der Waals surface area contributed by atoms with Gasteiger partial charge in [0.1, 0.15) is 6.04 Å². The molecule has 0 aromatic heterocycles. The number of benzene rings is 2. The molecule has 0 radical (unpaired) electrons. The van der Waals surface area contributed by atoms with Gasteiger partial charge in [0.15, 0.2) is 0 Å². The lowest BCUT2D eigenvalue weighted by Crippen LogP contribution is -2.58. The third-order valence-corrected chi connectivity index (χ3v) is 10.3. The number of aryl methyl sites for hydroxylation is 1. The average Bonchev–Trinajstić information content (AvgIpc) is 2.94. The van der Waals surface area contributed by atoms with Crippen LogP contribution in [0.25, 0.3) is 0 Å².